The summed E-state index contributed by atoms with van der Waals surface area (Å²) >= 11 is 0. The SMILES string of the molecule is CC(C)n1nc(-c2cccc3[nH]ncc23)c2c(N)nc(Nc3ccc(S(=O)(=O)C4CC4)cc3F)nc21. The number of nitrogen functional groups attached to an aromatic ring is 1. The van der Waals surface area contributed by atoms with Gasteiger partial charge < -0.3 is 11.1 Å². The predicted octanol–water partition coefficient (Wildman–Crippen LogP) is 4.35. The van der Waals surface area contributed by atoms with Crippen LogP contribution in [0, 0.1) is 5.82 Å². The Labute approximate surface area is 205 Å². The van der Waals surface area contributed by atoms with Gasteiger partial charge in [-0.1, -0.05) is 12.1 Å². The lowest BCUT2D eigenvalue weighted by molar-refractivity contribution is 0.548. The Kier molecular flexibility index (Phi) is 4.97. The fourth-order valence-corrected chi connectivity index (χ4v) is 5.98. The molecule has 3 aromatic heterocycles. The van der Waals surface area contributed by atoms with Crippen LogP contribution in [0.15, 0.2) is 47.5 Å². The number of aromatic nitrogens is 6. The van der Waals surface area contributed by atoms with Crippen molar-refractivity contribution in [2.75, 3.05) is 11.1 Å². The molecule has 0 spiro atoms. The molecule has 0 bridgehead atoms. The molecule has 36 heavy (non-hydrogen) atoms. The molecule has 4 N–H and O–H groups in total. The molecule has 0 radical (unpaired) electrons. The first kappa shape index (κ1) is 22.4. The number of H-pyrrole nitrogens is 1. The largest absolute Gasteiger partial charge is 0.383 e. The van der Waals surface area contributed by atoms with E-state index in [1.54, 1.807) is 10.9 Å². The number of hydrogen-bond acceptors (Lipinski definition) is 8. The molecule has 0 atom stereocenters. The lowest BCUT2D eigenvalue weighted by Crippen LogP contribution is -2.09. The molecule has 184 valence electrons. The molecule has 1 fully saturated rings. The number of sulfone groups is 1. The number of fused-ring (bicyclic) bond motifs is 2. The summed E-state index contributed by atoms with van der Waals surface area (Å²) in [7, 11) is -3.50. The van der Waals surface area contributed by atoms with Crippen LogP contribution in [-0.2, 0) is 9.84 Å². The Bertz CT molecular complexity index is 1760. The smallest absolute Gasteiger partial charge is 0.231 e. The van der Waals surface area contributed by atoms with E-state index in [4.69, 9.17) is 10.8 Å². The van der Waals surface area contributed by atoms with Crippen molar-refractivity contribution in [1.82, 2.24) is 29.9 Å². The average Bonchev–Trinajstić information content (AvgIpc) is 3.47. The lowest BCUT2D eigenvalue weighted by Gasteiger charge is -2.11. The minimum atomic E-state index is -3.50. The Morgan fingerprint density at radius 2 is 2.00 bits per heavy atom. The molecule has 6 rings (SSSR count). The first-order chi connectivity index (χ1) is 17.2. The molecule has 0 saturated heterocycles. The van der Waals surface area contributed by atoms with Gasteiger partial charge in [-0.3, -0.25) is 5.10 Å². The third-order valence-electron chi connectivity index (χ3n) is 6.29. The highest BCUT2D eigenvalue weighted by Gasteiger charge is 2.37. The van der Waals surface area contributed by atoms with E-state index < -0.39 is 20.9 Å². The van der Waals surface area contributed by atoms with Gasteiger partial charge in [0, 0.05) is 17.0 Å². The number of nitrogens with zero attached hydrogens (tertiary/aromatic N) is 5. The van der Waals surface area contributed by atoms with Gasteiger partial charge in [0.15, 0.2) is 15.5 Å². The van der Waals surface area contributed by atoms with Gasteiger partial charge in [-0.25, -0.2) is 17.5 Å². The first-order valence-electron chi connectivity index (χ1n) is 11.5. The van der Waals surface area contributed by atoms with Crippen LogP contribution in [-0.4, -0.2) is 43.6 Å². The van der Waals surface area contributed by atoms with Gasteiger partial charge in [0.1, 0.15) is 17.3 Å². The van der Waals surface area contributed by atoms with Crippen LogP contribution < -0.4 is 11.1 Å². The third kappa shape index (κ3) is 3.56. The maximum Gasteiger partial charge on any atom is 0.231 e. The van der Waals surface area contributed by atoms with Gasteiger partial charge in [-0.05, 0) is 51.0 Å². The highest BCUT2D eigenvalue weighted by Crippen LogP contribution is 2.37. The summed E-state index contributed by atoms with van der Waals surface area (Å²) in [6, 6.07) is 9.50. The molecular formula is C24H23FN8O2S. The summed E-state index contributed by atoms with van der Waals surface area (Å²) < 4.78 is 41.5. The number of rotatable bonds is 6. The topological polar surface area (TPSA) is 144 Å². The zero-order valence-corrected chi connectivity index (χ0v) is 20.3. The fourth-order valence-electron chi connectivity index (χ4n) is 4.31. The Morgan fingerprint density at radius 3 is 2.72 bits per heavy atom. The van der Waals surface area contributed by atoms with Crippen molar-refractivity contribution in [3.63, 3.8) is 0 Å². The molecule has 0 unspecified atom stereocenters. The molecule has 10 nitrogen and oxygen atoms in total. The van der Waals surface area contributed by atoms with Crippen LogP contribution in [0.25, 0.3) is 33.2 Å². The second-order valence-corrected chi connectivity index (χ2v) is 11.4. The molecule has 1 aliphatic rings. The van der Waals surface area contributed by atoms with Gasteiger partial charge in [0.25, 0.3) is 0 Å². The van der Waals surface area contributed by atoms with E-state index in [-0.39, 0.29) is 28.4 Å². The molecule has 3 heterocycles. The number of halogens is 1. The van der Waals surface area contributed by atoms with Crippen LogP contribution in [0.4, 0.5) is 21.8 Å². The van der Waals surface area contributed by atoms with E-state index in [1.807, 2.05) is 32.0 Å². The van der Waals surface area contributed by atoms with Gasteiger partial charge in [-0.2, -0.15) is 20.2 Å². The van der Waals surface area contributed by atoms with E-state index in [9.17, 15) is 12.8 Å². The summed E-state index contributed by atoms with van der Waals surface area (Å²) in [5.74, 6) is -0.464. The van der Waals surface area contributed by atoms with Gasteiger partial charge in [-0.15, -0.1) is 0 Å². The Hall–Kier alpha value is -4.06. The summed E-state index contributed by atoms with van der Waals surface area (Å²) in [6.45, 7) is 3.94. The molecule has 12 heteroatoms. The van der Waals surface area contributed by atoms with E-state index >= 15 is 0 Å². The van der Waals surface area contributed by atoms with Crippen LogP contribution >= 0.6 is 0 Å². The molecule has 1 saturated carbocycles. The zero-order chi connectivity index (χ0) is 25.2. The number of benzene rings is 2. The highest BCUT2D eigenvalue weighted by atomic mass is 32.2. The molecule has 0 amide bonds. The highest BCUT2D eigenvalue weighted by molar-refractivity contribution is 7.92. The normalized spacial score (nSPS) is 14.2. The number of hydrogen-bond donors (Lipinski definition) is 3. The van der Waals surface area contributed by atoms with Crippen molar-refractivity contribution in [3.05, 3.63) is 48.4 Å². The second-order valence-electron chi connectivity index (χ2n) is 9.17. The van der Waals surface area contributed by atoms with E-state index in [1.165, 1.54) is 12.1 Å². The first-order valence-corrected chi connectivity index (χ1v) is 13.1. The van der Waals surface area contributed by atoms with Crippen molar-refractivity contribution in [1.29, 1.82) is 0 Å². The summed E-state index contributed by atoms with van der Waals surface area (Å²) in [4.78, 5) is 8.95. The average molecular weight is 507 g/mol. The summed E-state index contributed by atoms with van der Waals surface area (Å²) in [5, 5.41) is 15.8. The van der Waals surface area contributed by atoms with Gasteiger partial charge in [0.2, 0.25) is 5.95 Å². The Morgan fingerprint density at radius 1 is 1.19 bits per heavy atom. The molecule has 5 aromatic rings. The third-order valence-corrected chi connectivity index (χ3v) is 8.55. The van der Waals surface area contributed by atoms with Crippen LogP contribution in [0.2, 0.25) is 0 Å². The lowest BCUT2D eigenvalue weighted by atomic mass is 10.1. The van der Waals surface area contributed by atoms with Crippen molar-refractivity contribution in [2.24, 2.45) is 0 Å². The molecule has 0 aliphatic heterocycles. The van der Waals surface area contributed by atoms with Crippen molar-refractivity contribution >= 4 is 49.2 Å². The quantitative estimate of drug-likeness (QED) is 0.308. The minimum absolute atomic E-state index is 0.0279. The van der Waals surface area contributed by atoms with Crippen LogP contribution in [0.1, 0.15) is 32.7 Å². The Balaban J connectivity index is 1.44. The fraction of sp³-hybridized carbons (Fsp3) is 0.250. The van der Waals surface area contributed by atoms with E-state index in [2.05, 4.69) is 25.5 Å². The minimum Gasteiger partial charge on any atom is -0.383 e. The van der Waals surface area contributed by atoms with E-state index in [0.29, 0.717) is 29.6 Å². The monoisotopic (exact) mass is 506 g/mol. The van der Waals surface area contributed by atoms with E-state index in [0.717, 1.165) is 22.5 Å². The van der Waals surface area contributed by atoms with Gasteiger partial charge >= 0.3 is 0 Å². The molecule has 2 aromatic carbocycles. The molecular weight excluding hydrogens is 483 g/mol. The number of anilines is 3. The van der Waals surface area contributed by atoms with Crippen molar-refractivity contribution < 1.29 is 12.8 Å². The maximum absolute atomic E-state index is 14.9. The predicted molar refractivity (Wildman–Crippen MR) is 135 cm³/mol. The van der Waals surface area contributed by atoms with Crippen LogP contribution in [0.5, 0.6) is 0 Å². The number of aromatic amines is 1. The van der Waals surface area contributed by atoms with Gasteiger partial charge in [0.05, 0.1) is 32.9 Å². The number of nitrogens with one attached hydrogen (secondary N) is 2. The van der Waals surface area contributed by atoms with Crippen LogP contribution in [0.3, 0.4) is 0 Å². The summed E-state index contributed by atoms with van der Waals surface area (Å²) in [5.41, 5.74) is 9.25. The maximum atomic E-state index is 14.9. The zero-order valence-electron chi connectivity index (χ0n) is 19.5. The van der Waals surface area contributed by atoms with Crippen molar-refractivity contribution in [3.8, 4) is 11.3 Å². The number of nitrogens with two attached hydrogens (primary N) is 1. The second kappa shape index (κ2) is 7.98. The standard InChI is InChI=1S/C24H23FN8O2S/c1-12(2)33-23-20(21(32-33)15-4-3-5-18-16(15)11-27-31-18)22(26)29-24(30-23)28-19-9-8-14(10-17(19)25)36(34,35)13-6-7-13/h3-5,8-13H,6-7H2,1-2H3,(H,27,31)(H3,26,28,29,30). The molecule has 1 aliphatic carbocycles. The summed E-state index contributed by atoms with van der Waals surface area (Å²) in [6.07, 6.45) is 2.95. The van der Waals surface area contributed by atoms with Crippen molar-refractivity contribution in [2.45, 2.75) is 42.9 Å².